The molecule has 13 heavy (non-hydrogen) atoms. The average molecular weight is 193 g/mol. The highest BCUT2D eigenvalue weighted by atomic mass is 27.0. The summed E-state index contributed by atoms with van der Waals surface area (Å²) in [6.45, 7) is 6.39. The number of hydrogen-bond donors (Lipinski definition) is 1. The number of benzene rings is 1. The van der Waals surface area contributed by atoms with Crippen molar-refractivity contribution in [3.05, 3.63) is 35.9 Å². The molecule has 0 bridgehead atoms. The van der Waals surface area contributed by atoms with Crippen molar-refractivity contribution >= 4 is 16.3 Å². The van der Waals surface area contributed by atoms with Crippen molar-refractivity contribution in [3.8, 4) is 0 Å². The van der Waals surface area contributed by atoms with E-state index in [9.17, 15) is 0 Å². The lowest BCUT2D eigenvalue weighted by Crippen LogP contribution is -2.09. The molecule has 0 saturated heterocycles. The molecule has 2 heteroatoms. The molecule has 72 valence electrons. The molecule has 0 fully saturated rings. The van der Waals surface area contributed by atoms with Gasteiger partial charge in [-0.2, -0.15) is 0 Å². The van der Waals surface area contributed by atoms with Crippen molar-refractivity contribution < 1.29 is 0 Å². The molecule has 1 N–H and O–H groups in total. The largest absolute Gasteiger partial charge is 0.317 e. The topological polar surface area (TPSA) is 12.0 Å². The molecular weight excluding hydrogens is 173 g/mol. The Labute approximate surface area is 90.0 Å². The molecular formula is C11H20AlN. The highest BCUT2D eigenvalue weighted by Gasteiger charge is 1.80. The van der Waals surface area contributed by atoms with Gasteiger partial charge in [-0.1, -0.05) is 55.0 Å². The van der Waals surface area contributed by atoms with Gasteiger partial charge in [0.25, 0.3) is 0 Å². The lowest BCUT2D eigenvalue weighted by atomic mass is 10.2. The normalized spacial score (nSPS) is 8.77. The van der Waals surface area contributed by atoms with Crippen molar-refractivity contribution in [1.29, 1.82) is 0 Å². The third kappa shape index (κ3) is 8.05. The van der Waals surface area contributed by atoms with Crippen LogP contribution in [0.2, 0.25) is 0 Å². The van der Waals surface area contributed by atoms with Gasteiger partial charge in [0, 0.05) is 0 Å². The molecule has 0 atom stereocenters. The second-order valence-corrected chi connectivity index (χ2v) is 3.50. The number of rotatable bonds is 3. The maximum Gasteiger partial charge on any atom is 0.218 e. The molecule has 0 amide bonds. The van der Waals surface area contributed by atoms with Gasteiger partial charge < -0.3 is 5.32 Å². The summed E-state index contributed by atoms with van der Waals surface area (Å²) in [5, 5.41) is 4.39. The van der Waals surface area contributed by atoms with Crippen LogP contribution in [0.4, 0.5) is 0 Å². The molecule has 0 aliphatic rings. The van der Waals surface area contributed by atoms with Gasteiger partial charge >= 0.3 is 0 Å². The van der Waals surface area contributed by atoms with Crippen molar-refractivity contribution in [2.24, 2.45) is 0 Å². The Morgan fingerprint density at radius 3 is 1.85 bits per heavy atom. The Balaban J connectivity index is 0.000000252. The monoisotopic (exact) mass is 193 g/mol. The molecule has 1 rings (SSSR count). The lowest BCUT2D eigenvalue weighted by molar-refractivity contribution is 0.762. The summed E-state index contributed by atoms with van der Waals surface area (Å²) in [5.74, 6) is 0. The molecule has 0 spiro atoms. The SMILES string of the molecule is CCNCC.[AlH2][CH2]c1ccccc1. The first-order chi connectivity index (χ1) is 6.35. The number of hydrogen-bond acceptors (Lipinski definition) is 1. The van der Waals surface area contributed by atoms with Crippen LogP contribution >= 0.6 is 0 Å². The van der Waals surface area contributed by atoms with Gasteiger partial charge in [-0.05, 0) is 13.1 Å². The molecule has 1 nitrogen and oxygen atoms in total. The van der Waals surface area contributed by atoms with Crippen LogP contribution < -0.4 is 5.32 Å². The van der Waals surface area contributed by atoms with E-state index in [4.69, 9.17) is 0 Å². The fourth-order valence-electron chi connectivity index (χ4n) is 0.964. The first-order valence-corrected chi connectivity index (χ1v) is 6.51. The van der Waals surface area contributed by atoms with Crippen LogP contribution in [-0.2, 0) is 5.28 Å². The van der Waals surface area contributed by atoms with Gasteiger partial charge in [-0.25, -0.2) is 0 Å². The van der Waals surface area contributed by atoms with Crippen molar-refractivity contribution in [1.82, 2.24) is 5.32 Å². The van der Waals surface area contributed by atoms with E-state index in [1.807, 2.05) is 0 Å². The number of nitrogens with one attached hydrogen (secondary N) is 1. The molecule has 0 aromatic heterocycles. The zero-order valence-corrected chi connectivity index (χ0v) is 11.0. The molecule has 0 aliphatic carbocycles. The van der Waals surface area contributed by atoms with E-state index < -0.39 is 0 Å². The first-order valence-electron chi connectivity index (χ1n) is 5.09. The Bertz CT molecular complexity index is 185. The third-order valence-corrected chi connectivity index (χ3v) is 2.57. The zero-order valence-electron chi connectivity index (χ0n) is 9.01. The Kier molecular flexibility index (Phi) is 9.58. The summed E-state index contributed by atoms with van der Waals surface area (Å²) < 4.78 is 0. The summed E-state index contributed by atoms with van der Waals surface area (Å²) in [4.78, 5) is 0. The molecule has 0 unspecified atom stereocenters. The Morgan fingerprint density at radius 2 is 1.62 bits per heavy atom. The smallest absolute Gasteiger partial charge is 0.218 e. The fraction of sp³-hybridized carbons (Fsp3) is 0.455. The molecule has 1 aromatic rings. The van der Waals surface area contributed by atoms with E-state index in [0.29, 0.717) is 0 Å². The van der Waals surface area contributed by atoms with Gasteiger partial charge in [0.05, 0.1) is 0 Å². The summed E-state index contributed by atoms with van der Waals surface area (Å²) in [6, 6.07) is 10.6. The minimum atomic E-state index is 1.09. The van der Waals surface area contributed by atoms with Crippen LogP contribution in [0.5, 0.6) is 0 Å². The van der Waals surface area contributed by atoms with Crippen LogP contribution in [0.25, 0.3) is 0 Å². The molecule has 0 heterocycles. The zero-order chi connectivity index (χ0) is 9.94. The molecule has 0 radical (unpaired) electrons. The first kappa shape index (κ1) is 12.7. The quantitative estimate of drug-likeness (QED) is 0.716. The highest BCUT2D eigenvalue weighted by Crippen LogP contribution is 1.95. The maximum absolute atomic E-state index is 3.11. The predicted molar refractivity (Wildman–Crippen MR) is 62.9 cm³/mol. The van der Waals surface area contributed by atoms with Crippen molar-refractivity contribution in [2.75, 3.05) is 13.1 Å². The van der Waals surface area contributed by atoms with E-state index in [2.05, 4.69) is 49.5 Å². The molecule has 1 aromatic carbocycles. The minimum Gasteiger partial charge on any atom is -0.317 e. The van der Waals surface area contributed by atoms with E-state index in [-0.39, 0.29) is 0 Å². The summed E-state index contributed by atoms with van der Waals surface area (Å²) in [6.07, 6.45) is 0. The maximum atomic E-state index is 3.11. The molecule has 0 saturated carbocycles. The minimum absolute atomic E-state index is 1.09. The summed E-state index contributed by atoms with van der Waals surface area (Å²) in [5.41, 5.74) is 1.47. The van der Waals surface area contributed by atoms with Gasteiger partial charge in [0.1, 0.15) is 0 Å². The van der Waals surface area contributed by atoms with Crippen molar-refractivity contribution in [2.45, 2.75) is 19.1 Å². The fourth-order valence-corrected chi connectivity index (χ4v) is 1.44. The average Bonchev–Trinajstić information content (AvgIpc) is 2.21. The van der Waals surface area contributed by atoms with Gasteiger partial charge in [-0.3, -0.25) is 0 Å². The van der Waals surface area contributed by atoms with E-state index in [1.54, 1.807) is 0 Å². The van der Waals surface area contributed by atoms with Crippen LogP contribution in [0.15, 0.2) is 30.3 Å². The second kappa shape index (κ2) is 9.80. The van der Waals surface area contributed by atoms with Gasteiger partial charge in [-0.15, -0.1) is 0 Å². The van der Waals surface area contributed by atoms with Gasteiger partial charge in [0.15, 0.2) is 0 Å². The van der Waals surface area contributed by atoms with Gasteiger partial charge in [0.2, 0.25) is 16.3 Å². The van der Waals surface area contributed by atoms with Crippen LogP contribution in [0, 0.1) is 0 Å². The van der Waals surface area contributed by atoms with Crippen LogP contribution in [0.3, 0.4) is 0 Å². The predicted octanol–water partition coefficient (Wildman–Crippen LogP) is 1.44. The van der Waals surface area contributed by atoms with E-state index >= 15 is 0 Å². The van der Waals surface area contributed by atoms with Crippen molar-refractivity contribution in [3.63, 3.8) is 0 Å². The van der Waals surface area contributed by atoms with E-state index in [1.165, 1.54) is 27.1 Å². The van der Waals surface area contributed by atoms with E-state index in [0.717, 1.165) is 13.1 Å². The Hall–Kier alpha value is -0.288. The second-order valence-electron chi connectivity index (χ2n) is 2.80. The summed E-state index contributed by atoms with van der Waals surface area (Å²) >= 11 is 1.28. The standard InChI is InChI=1S/C7H7.C4H11N.Al.2H/c1-7-5-3-2-4-6-7;1-3-5-4-2;;;/h2-6H,1H2;5H,3-4H2,1-2H3;;;. The van der Waals surface area contributed by atoms with Crippen LogP contribution in [-0.4, -0.2) is 29.4 Å². The highest BCUT2D eigenvalue weighted by molar-refractivity contribution is 6.08. The van der Waals surface area contributed by atoms with Crippen LogP contribution in [0.1, 0.15) is 19.4 Å². The lowest BCUT2D eigenvalue weighted by Gasteiger charge is -1.89. The molecule has 0 aliphatic heterocycles. The Morgan fingerprint density at radius 1 is 1.08 bits per heavy atom. The summed E-state index contributed by atoms with van der Waals surface area (Å²) in [7, 11) is 0. The third-order valence-electron chi connectivity index (χ3n) is 1.75.